The molecule has 0 bridgehead atoms. The predicted octanol–water partition coefficient (Wildman–Crippen LogP) is 5.35. The third-order valence-electron chi connectivity index (χ3n) is 3.64. The highest BCUT2D eigenvalue weighted by Crippen LogP contribution is 2.30. The Kier molecular flexibility index (Phi) is 5.44. The van der Waals surface area contributed by atoms with Crippen molar-refractivity contribution in [1.29, 1.82) is 0 Å². The van der Waals surface area contributed by atoms with Crippen molar-refractivity contribution in [2.45, 2.75) is 40.2 Å². The van der Waals surface area contributed by atoms with Gasteiger partial charge in [0.05, 0.1) is 6.04 Å². The Morgan fingerprint density at radius 3 is 2.19 bits per heavy atom. The van der Waals surface area contributed by atoms with Gasteiger partial charge < -0.3 is 5.32 Å². The molecule has 0 saturated heterocycles. The standard InChI is InChI=1S/C19H24ClN/c1-5-8-21-19(16-10-14(3)9-15(4)11-16)17-7-6-13(2)12-18(17)20/h6-7,9-12,19,21H,5,8H2,1-4H3. The van der Waals surface area contributed by atoms with E-state index in [-0.39, 0.29) is 6.04 Å². The number of hydrogen-bond acceptors (Lipinski definition) is 1. The van der Waals surface area contributed by atoms with E-state index in [1.165, 1.54) is 22.3 Å². The molecule has 0 spiro atoms. The maximum atomic E-state index is 6.49. The van der Waals surface area contributed by atoms with Crippen LogP contribution >= 0.6 is 11.6 Å². The van der Waals surface area contributed by atoms with E-state index in [4.69, 9.17) is 11.6 Å². The molecular formula is C19H24ClN. The molecule has 0 fully saturated rings. The Hall–Kier alpha value is -1.31. The van der Waals surface area contributed by atoms with Crippen molar-refractivity contribution >= 4 is 11.6 Å². The van der Waals surface area contributed by atoms with Crippen LogP contribution in [0.5, 0.6) is 0 Å². The first-order valence-electron chi connectivity index (χ1n) is 7.59. The van der Waals surface area contributed by atoms with Gasteiger partial charge in [-0.3, -0.25) is 0 Å². The largest absolute Gasteiger partial charge is 0.306 e. The summed E-state index contributed by atoms with van der Waals surface area (Å²) in [4.78, 5) is 0. The highest BCUT2D eigenvalue weighted by Gasteiger charge is 2.17. The molecule has 0 amide bonds. The zero-order valence-corrected chi connectivity index (χ0v) is 14.1. The second-order valence-corrected chi connectivity index (χ2v) is 6.24. The monoisotopic (exact) mass is 301 g/mol. The highest BCUT2D eigenvalue weighted by atomic mass is 35.5. The number of nitrogens with one attached hydrogen (secondary N) is 1. The van der Waals surface area contributed by atoms with Crippen LogP contribution in [0.2, 0.25) is 5.02 Å². The van der Waals surface area contributed by atoms with E-state index in [9.17, 15) is 0 Å². The van der Waals surface area contributed by atoms with Crippen molar-refractivity contribution in [3.63, 3.8) is 0 Å². The molecule has 2 rings (SSSR count). The van der Waals surface area contributed by atoms with Gasteiger partial charge in [0.1, 0.15) is 0 Å². The van der Waals surface area contributed by atoms with E-state index < -0.39 is 0 Å². The van der Waals surface area contributed by atoms with E-state index in [0.29, 0.717) is 0 Å². The fourth-order valence-corrected chi connectivity index (χ4v) is 3.08. The number of rotatable bonds is 5. The molecule has 2 aromatic carbocycles. The van der Waals surface area contributed by atoms with E-state index in [2.05, 4.69) is 63.3 Å². The zero-order valence-electron chi connectivity index (χ0n) is 13.3. The second kappa shape index (κ2) is 7.11. The number of benzene rings is 2. The maximum Gasteiger partial charge on any atom is 0.0591 e. The van der Waals surface area contributed by atoms with Crippen LogP contribution < -0.4 is 5.32 Å². The van der Waals surface area contributed by atoms with Crippen molar-refractivity contribution in [3.05, 3.63) is 69.2 Å². The van der Waals surface area contributed by atoms with Gasteiger partial charge in [-0.1, -0.05) is 60.0 Å². The first kappa shape index (κ1) is 16.1. The molecule has 2 heteroatoms. The van der Waals surface area contributed by atoms with Crippen LogP contribution in [0.4, 0.5) is 0 Å². The molecule has 21 heavy (non-hydrogen) atoms. The van der Waals surface area contributed by atoms with Crippen molar-refractivity contribution in [2.24, 2.45) is 0 Å². The molecule has 0 aliphatic heterocycles. The quantitative estimate of drug-likeness (QED) is 0.784. The smallest absolute Gasteiger partial charge is 0.0591 e. The Morgan fingerprint density at radius 1 is 0.952 bits per heavy atom. The highest BCUT2D eigenvalue weighted by molar-refractivity contribution is 6.31. The number of hydrogen-bond donors (Lipinski definition) is 1. The number of aryl methyl sites for hydroxylation is 3. The molecule has 0 radical (unpaired) electrons. The third kappa shape index (κ3) is 4.09. The Balaban J connectivity index is 2.46. The molecule has 0 aliphatic rings. The van der Waals surface area contributed by atoms with Crippen LogP contribution in [0.3, 0.4) is 0 Å². The van der Waals surface area contributed by atoms with Crippen LogP contribution in [0.25, 0.3) is 0 Å². The second-order valence-electron chi connectivity index (χ2n) is 5.83. The average Bonchev–Trinajstić information content (AvgIpc) is 2.40. The fraction of sp³-hybridized carbons (Fsp3) is 0.368. The van der Waals surface area contributed by atoms with E-state index in [0.717, 1.165) is 23.6 Å². The number of halogens is 1. The fourth-order valence-electron chi connectivity index (χ4n) is 2.74. The Labute approximate surface area is 133 Å². The van der Waals surface area contributed by atoms with E-state index >= 15 is 0 Å². The molecule has 0 aromatic heterocycles. The van der Waals surface area contributed by atoms with E-state index in [1.807, 2.05) is 6.07 Å². The Morgan fingerprint density at radius 2 is 1.62 bits per heavy atom. The van der Waals surface area contributed by atoms with Crippen LogP contribution in [-0.2, 0) is 0 Å². The van der Waals surface area contributed by atoms with Crippen LogP contribution in [0, 0.1) is 20.8 Å². The van der Waals surface area contributed by atoms with Gasteiger partial charge in [-0.05, 0) is 56.5 Å². The first-order valence-corrected chi connectivity index (χ1v) is 7.96. The minimum atomic E-state index is 0.150. The van der Waals surface area contributed by atoms with Crippen molar-refractivity contribution < 1.29 is 0 Å². The van der Waals surface area contributed by atoms with Crippen LogP contribution in [0.15, 0.2) is 36.4 Å². The van der Waals surface area contributed by atoms with Gasteiger partial charge in [-0.15, -0.1) is 0 Å². The molecule has 0 aliphatic carbocycles. The van der Waals surface area contributed by atoms with Crippen molar-refractivity contribution in [1.82, 2.24) is 5.32 Å². The average molecular weight is 302 g/mol. The molecule has 1 nitrogen and oxygen atoms in total. The molecule has 1 atom stereocenters. The van der Waals surface area contributed by atoms with Crippen LogP contribution in [-0.4, -0.2) is 6.54 Å². The van der Waals surface area contributed by atoms with Gasteiger partial charge in [0.2, 0.25) is 0 Å². The summed E-state index contributed by atoms with van der Waals surface area (Å²) >= 11 is 6.49. The lowest BCUT2D eigenvalue weighted by Crippen LogP contribution is -2.23. The minimum absolute atomic E-state index is 0.150. The lowest BCUT2D eigenvalue weighted by molar-refractivity contribution is 0.598. The summed E-state index contributed by atoms with van der Waals surface area (Å²) in [7, 11) is 0. The molecule has 1 N–H and O–H groups in total. The summed E-state index contributed by atoms with van der Waals surface area (Å²) < 4.78 is 0. The topological polar surface area (TPSA) is 12.0 Å². The van der Waals surface area contributed by atoms with Crippen molar-refractivity contribution in [2.75, 3.05) is 6.54 Å². The summed E-state index contributed by atoms with van der Waals surface area (Å²) in [6.07, 6.45) is 1.10. The molecule has 0 saturated carbocycles. The molecule has 0 heterocycles. The maximum absolute atomic E-state index is 6.49. The summed E-state index contributed by atoms with van der Waals surface area (Å²) in [6, 6.07) is 13.2. The summed E-state index contributed by atoms with van der Waals surface area (Å²) in [5, 5.41) is 4.47. The summed E-state index contributed by atoms with van der Waals surface area (Å²) in [6.45, 7) is 9.51. The Bertz CT molecular complexity index is 599. The van der Waals surface area contributed by atoms with Gasteiger partial charge >= 0.3 is 0 Å². The van der Waals surface area contributed by atoms with Crippen LogP contribution in [0.1, 0.15) is 47.2 Å². The lowest BCUT2D eigenvalue weighted by atomic mass is 9.95. The van der Waals surface area contributed by atoms with Gasteiger partial charge in [-0.25, -0.2) is 0 Å². The third-order valence-corrected chi connectivity index (χ3v) is 3.97. The predicted molar refractivity (Wildman–Crippen MR) is 92.2 cm³/mol. The normalized spacial score (nSPS) is 12.4. The zero-order chi connectivity index (χ0) is 15.4. The minimum Gasteiger partial charge on any atom is -0.306 e. The van der Waals surface area contributed by atoms with Gasteiger partial charge in [0.25, 0.3) is 0 Å². The molecule has 1 unspecified atom stereocenters. The van der Waals surface area contributed by atoms with Crippen molar-refractivity contribution in [3.8, 4) is 0 Å². The first-order chi connectivity index (χ1) is 10.0. The molecular weight excluding hydrogens is 278 g/mol. The molecule has 2 aromatic rings. The van der Waals surface area contributed by atoms with Gasteiger partial charge in [0.15, 0.2) is 0 Å². The van der Waals surface area contributed by atoms with Gasteiger partial charge in [-0.2, -0.15) is 0 Å². The van der Waals surface area contributed by atoms with Gasteiger partial charge in [0, 0.05) is 5.02 Å². The molecule has 112 valence electrons. The summed E-state index contributed by atoms with van der Waals surface area (Å²) in [5.74, 6) is 0. The lowest BCUT2D eigenvalue weighted by Gasteiger charge is -2.22. The summed E-state index contributed by atoms with van der Waals surface area (Å²) in [5.41, 5.74) is 6.21. The SMILES string of the molecule is CCCNC(c1cc(C)cc(C)c1)c1ccc(C)cc1Cl. The van der Waals surface area contributed by atoms with E-state index in [1.54, 1.807) is 0 Å².